The summed E-state index contributed by atoms with van der Waals surface area (Å²) >= 11 is 0. The van der Waals surface area contributed by atoms with Gasteiger partial charge in [-0.1, -0.05) is 12.1 Å². The highest BCUT2D eigenvalue weighted by Gasteiger charge is 2.29. The van der Waals surface area contributed by atoms with Crippen molar-refractivity contribution in [1.82, 2.24) is 19.8 Å². The summed E-state index contributed by atoms with van der Waals surface area (Å²) in [6.45, 7) is 4.72. The SMILES string of the molecule is Nc1ncc(-c2ccc(F)cc2)c(C2CCCN(C(=O)CN3CCOCC3)C2)n1. The molecule has 2 fully saturated rings. The van der Waals surface area contributed by atoms with Gasteiger partial charge in [0, 0.05) is 43.9 Å². The summed E-state index contributed by atoms with van der Waals surface area (Å²) in [4.78, 5) is 25.6. The third-order valence-electron chi connectivity index (χ3n) is 5.62. The molecule has 0 saturated carbocycles. The quantitative estimate of drug-likeness (QED) is 0.845. The summed E-state index contributed by atoms with van der Waals surface area (Å²) in [7, 11) is 0. The van der Waals surface area contributed by atoms with E-state index in [-0.39, 0.29) is 23.6 Å². The average Bonchev–Trinajstić information content (AvgIpc) is 2.75. The first-order chi connectivity index (χ1) is 14.1. The molecule has 0 radical (unpaired) electrons. The molecule has 1 unspecified atom stereocenters. The van der Waals surface area contributed by atoms with Crippen LogP contribution < -0.4 is 5.73 Å². The number of carbonyl (C=O) groups is 1. The molecule has 2 saturated heterocycles. The lowest BCUT2D eigenvalue weighted by Gasteiger charge is -2.35. The van der Waals surface area contributed by atoms with Crippen molar-refractivity contribution >= 4 is 11.9 Å². The third kappa shape index (κ3) is 4.71. The topological polar surface area (TPSA) is 84.6 Å². The van der Waals surface area contributed by atoms with E-state index in [0.29, 0.717) is 26.3 Å². The number of benzene rings is 1. The van der Waals surface area contributed by atoms with Gasteiger partial charge in [0.1, 0.15) is 5.82 Å². The first kappa shape index (κ1) is 19.7. The van der Waals surface area contributed by atoms with Crippen LogP contribution in [0.1, 0.15) is 24.5 Å². The van der Waals surface area contributed by atoms with E-state index in [1.165, 1.54) is 12.1 Å². The Morgan fingerprint density at radius 2 is 1.97 bits per heavy atom. The van der Waals surface area contributed by atoms with Gasteiger partial charge in [-0.15, -0.1) is 0 Å². The fourth-order valence-corrected chi connectivity index (χ4v) is 4.05. The Hall–Kier alpha value is -2.58. The second kappa shape index (κ2) is 8.84. The Bertz CT molecular complexity index is 855. The summed E-state index contributed by atoms with van der Waals surface area (Å²) in [5.74, 6) is 0.136. The van der Waals surface area contributed by atoms with Gasteiger partial charge in [0.15, 0.2) is 0 Å². The van der Waals surface area contributed by atoms with E-state index in [2.05, 4.69) is 14.9 Å². The van der Waals surface area contributed by atoms with E-state index in [9.17, 15) is 9.18 Å². The van der Waals surface area contributed by atoms with Crippen LogP contribution in [0.25, 0.3) is 11.1 Å². The number of nitrogen functional groups attached to an aromatic ring is 1. The minimum Gasteiger partial charge on any atom is -0.379 e. The Morgan fingerprint density at radius 3 is 2.72 bits per heavy atom. The number of morpholine rings is 1. The van der Waals surface area contributed by atoms with Gasteiger partial charge >= 0.3 is 0 Å². The number of rotatable bonds is 4. The summed E-state index contributed by atoms with van der Waals surface area (Å²) in [6.07, 6.45) is 3.53. The van der Waals surface area contributed by atoms with E-state index in [0.717, 1.165) is 49.3 Å². The van der Waals surface area contributed by atoms with Crippen LogP contribution in [0.4, 0.5) is 10.3 Å². The van der Waals surface area contributed by atoms with Crippen LogP contribution in [0, 0.1) is 5.82 Å². The second-order valence-electron chi connectivity index (χ2n) is 7.60. The smallest absolute Gasteiger partial charge is 0.236 e. The Kier molecular flexibility index (Phi) is 6.01. The number of piperidine rings is 1. The summed E-state index contributed by atoms with van der Waals surface area (Å²) in [5, 5.41) is 0. The van der Waals surface area contributed by atoms with Gasteiger partial charge in [-0.2, -0.15) is 0 Å². The predicted molar refractivity (Wildman–Crippen MR) is 108 cm³/mol. The molecular formula is C21H26FN5O2. The normalized spacial score (nSPS) is 20.6. The molecule has 1 atom stereocenters. The van der Waals surface area contributed by atoms with Crippen molar-refractivity contribution in [2.24, 2.45) is 0 Å². The largest absolute Gasteiger partial charge is 0.379 e. The molecule has 1 amide bonds. The molecule has 2 aliphatic rings. The first-order valence-corrected chi connectivity index (χ1v) is 10.1. The fourth-order valence-electron chi connectivity index (χ4n) is 4.05. The number of aromatic nitrogens is 2. The zero-order chi connectivity index (χ0) is 20.2. The molecule has 8 heteroatoms. The molecular weight excluding hydrogens is 373 g/mol. The number of nitrogens with zero attached hydrogens (tertiary/aromatic N) is 4. The van der Waals surface area contributed by atoms with Gasteiger partial charge in [0.25, 0.3) is 0 Å². The highest BCUT2D eigenvalue weighted by molar-refractivity contribution is 5.78. The Balaban J connectivity index is 1.52. The molecule has 1 aromatic carbocycles. The summed E-state index contributed by atoms with van der Waals surface area (Å²) in [5.41, 5.74) is 8.39. The van der Waals surface area contributed by atoms with Crippen molar-refractivity contribution < 1.29 is 13.9 Å². The highest BCUT2D eigenvalue weighted by Crippen LogP contribution is 2.33. The molecule has 2 aliphatic heterocycles. The molecule has 154 valence electrons. The van der Waals surface area contributed by atoms with Crippen LogP contribution in [0.2, 0.25) is 0 Å². The van der Waals surface area contributed by atoms with Crippen LogP contribution in [-0.4, -0.2) is 71.6 Å². The van der Waals surface area contributed by atoms with Crippen molar-refractivity contribution in [3.05, 3.63) is 42.0 Å². The maximum absolute atomic E-state index is 13.3. The van der Waals surface area contributed by atoms with Gasteiger partial charge in [-0.05, 0) is 30.5 Å². The zero-order valence-corrected chi connectivity index (χ0v) is 16.4. The van der Waals surface area contributed by atoms with Crippen LogP contribution >= 0.6 is 0 Å². The van der Waals surface area contributed by atoms with Gasteiger partial charge in [-0.3, -0.25) is 9.69 Å². The maximum Gasteiger partial charge on any atom is 0.236 e. The number of carbonyl (C=O) groups excluding carboxylic acids is 1. The van der Waals surface area contributed by atoms with Crippen molar-refractivity contribution in [2.75, 3.05) is 51.7 Å². The lowest BCUT2D eigenvalue weighted by molar-refractivity contribution is -0.134. The van der Waals surface area contributed by atoms with E-state index in [1.807, 2.05) is 4.90 Å². The molecule has 0 aliphatic carbocycles. The minimum absolute atomic E-state index is 0.0720. The molecule has 2 N–H and O–H groups in total. The molecule has 0 bridgehead atoms. The third-order valence-corrected chi connectivity index (χ3v) is 5.62. The first-order valence-electron chi connectivity index (χ1n) is 10.1. The lowest BCUT2D eigenvalue weighted by Crippen LogP contribution is -2.47. The van der Waals surface area contributed by atoms with Crippen molar-refractivity contribution in [3.8, 4) is 11.1 Å². The van der Waals surface area contributed by atoms with Gasteiger partial charge < -0.3 is 15.4 Å². The van der Waals surface area contributed by atoms with Crippen LogP contribution in [0.5, 0.6) is 0 Å². The summed E-state index contributed by atoms with van der Waals surface area (Å²) < 4.78 is 18.7. The maximum atomic E-state index is 13.3. The van der Waals surface area contributed by atoms with Crippen LogP contribution in [0.3, 0.4) is 0 Å². The number of nitrogens with two attached hydrogens (primary N) is 1. The number of likely N-dealkylation sites (tertiary alicyclic amines) is 1. The van der Waals surface area contributed by atoms with Crippen LogP contribution in [-0.2, 0) is 9.53 Å². The minimum atomic E-state index is -0.288. The van der Waals surface area contributed by atoms with E-state index >= 15 is 0 Å². The van der Waals surface area contributed by atoms with E-state index in [1.54, 1.807) is 18.3 Å². The van der Waals surface area contributed by atoms with Crippen molar-refractivity contribution in [3.63, 3.8) is 0 Å². The lowest BCUT2D eigenvalue weighted by atomic mass is 9.90. The monoisotopic (exact) mass is 399 g/mol. The number of ether oxygens (including phenoxy) is 1. The molecule has 0 spiro atoms. The van der Waals surface area contributed by atoms with E-state index in [4.69, 9.17) is 10.5 Å². The molecule has 4 rings (SSSR count). The van der Waals surface area contributed by atoms with Crippen molar-refractivity contribution in [1.29, 1.82) is 0 Å². The molecule has 7 nitrogen and oxygen atoms in total. The Labute approximate surface area is 169 Å². The summed E-state index contributed by atoms with van der Waals surface area (Å²) in [6, 6.07) is 6.29. The average molecular weight is 399 g/mol. The number of amides is 1. The molecule has 29 heavy (non-hydrogen) atoms. The van der Waals surface area contributed by atoms with Gasteiger partial charge in [0.05, 0.1) is 25.5 Å². The standard InChI is InChI=1S/C21H26FN5O2/c22-17-5-3-15(4-6-17)18-12-24-21(23)25-20(18)16-2-1-7-27(13-16)19(28)14-26-8-10-29-11-9-26/h3-6,12,16H,1-2,7-11,13-14H2,(H2,23,24,25). The highest BCUT2D eigenvalue weighted by atomic mass is 19.1. The van der Waals surface area contributed by atoms with Gasteiger partial charge in [-0.25, -0.2) is 14.4 Å². The molecule has 1 aromatic heterocycles. The van der Waals surface area contributed by atoms with Gasteiger partial charge in [0.2, 0.25) is 11.9 Å². The Morgan fingerprint density at radius 1 is 1.21 bits per heavy atom. The zero-order valence-electron chi connectivity index (χ0n) is 16.4. The fraction of sp³-hybridized carbons (Fsp3) is 0.476. The second-order valence-corrected chi connectivity index (χ2v) is 7.60. The number of hydrogen-bond acceptors (Lipinski definition) is 6. The number of anilines is 1. The number of halogens is 1. The van der Waals surface area contributed by atoms with Crippen molar-refractivity contribution in [2.45, 2.75) is 18.8 Å². The van der Waals surface area contributed by atoms with Crippen LogP contribution in [0.15, 0.2) is 30.5 Å². The predicted octanol–water partition coefficient (Wildman–Crippen LogP) is 1.90. The number of hydrogen-bond donors (Lipinski definition) is 1. The van der Waals surface area contributed by atoms with E-state index < -0.39 is 0 Å². The molecule has 2 aromatic rings. The molecule has 3 heterocycles.